The largest absolute Gasteiger partial charge is 0.342 e. The van der Waals surface area contributed by atoms with Crippen molar-refractivity contribution < 1.29 is 4.79 Å². The van der Waals surface area contributed by atoms with Crippen LogP contribution in [0.15, 0.2) is 30.3 Å². The average molecular weight is 302 g/mol. The van der Waals surface area contributed by atoms with Gasteiger partial charge in [-0.25, -0.2) is 0 Å². The van der Waals surface area contributed by atoms with Gasteiger partial charge in [0, 0.05) is 13.1 Å². The lowest BCUT2D eigenvalue weighted by molar-refractivity contribution is -0.131. The van der Waals surface area contributed by atoms with E-state index >= 15 is 0 Å². The van der Waals surface area contributed by atoms with E-state index < -0.39 is 0 Å². The highest BCUT2D eigenvalue weighted by Gasteiger charge is 2.22. The molecule has 0 saturated carbocycles. The van der Waals surface area contributed by atoms with Gasteiger partial charge in [0.2, 0.25) is 5.91 Å². The van der Waals surface area contributed by atoms with Crippen LogP contribution in [0.3, 0.4) is 0 Å². The number of amides is 1. The van der Waals surface area contributed by atoms with Crippen LogP contribution in [-0.2, 0) is 11.2 Å². The molecule has 3 nitrogen and oxygen atoms in total. The van der Waals surface area contributed by atoms with Crippen molar-refractivity contribution in [2.45, 2.75) is 45.4 Å². The van der Waals surface area contributed by atoms with Gasteiger partial charge in [-0.15, -0.1) is 0 Å². The molecule has 0 atom stereocenters. The van der Waals surface area contributed by atoms with Gasteiger partial charge in [0.05, 0.1) is 6.54 Å². The number of carbonyl (C=O) groups is 1. The SMILES string of the molecule is CCCCCNCC(=O)N1CCC(Cc2ccccc2)CC1. The van der Waals surface area contributed by atoms with Crippen LogP contribution in [0.1, 0.15) is 44.6 Å². The van der Waals surface area contributed by atoms with Gasteiger partial charge in [-0.05, 0) is 43.7 Å². The maximum atomic E-state index is 12.2. The highest BCUT2D eigenvalue weighted by molar-refractivity contribution is 5.78. The van der Waals surface area contributed by atoms with Crippen molar-refractivity contribution in [2.75, 3.05) is 26.2 Å². The first kappa shape index (κ1) is 17.0. The highest BCUT2D eigenvalue weighted by Crippen LogP contribution is 2.21. The van der Waals surface area contributed by atoms with E-state index in [9.17, 15) is 4.79 Å². The molecule has 1 heterocycles. The molecule has 2 rings (SSSR count). The maximum Gasteiger partial charge on any atom is 0.236 e. The van der Waals surface area contributed by atoms with Crippen LogP contribution in [0, 0.1) is 5.92 Å². The van der Waals surface area contributed by atoms with Gasteiger partial charge >= 0.3 is 0 Å². The Labute approximate surface area is 135 Å². The molecule has 0 aromatic heterocycles. The number of piperidine rings is 1. The van der Waals surface area contributed by atoms with Crippen LogP contribution < -0.4 is 5.32 Å². The zero-order chi connectivity index (χ0) is 15.6. The Bertz CT molecular complexity index is 424. The summed E-state index contributed by atoms with van der Waals surface area (Å²) in [6, 6.07) is 10.7. The normalized spacial score (nSPS) is 16.0. The monoisotopic (exact) mass is 302 g/mol. The summed E-state index contributed by atoms with van der Waals surface area (Å²) in [6.45, 7) is 5.52. The molecule has 3 heteroatoms. The van der Waals surface area contributed by atoms with Crippen LogP contribution in [0.5, 0.6) is 0 Å². The van der Waals surface area contributed by atoms with E-state index in [4.69, 9.17) is 0 Å². The zero-order valence-electron chi connectivity index (χ0n) is 13.9. The van der Waals surface area contributed by atoms with Crippen molar-refractivity contribution in [3.63, 3.8) is 0 Å². The molecule has 0 spiro atoms. The molecule has 1 aromatic rings. The van der Waals surface area contributed by atoms with E-state index in [-0.39, 0.29) is 5.91 Å². The lowest BCUT2D eigenvalue weighted by Crippen LogP contribution is -2.43. The fourth-order valence-corrected chi connectivity index (χ4v) is 3.14. The fourth-order valence-electron chi connectivity index (χ4n) is 3.14. The van der Waals surface area contributed by atoms with Gasteiger partial charge in [-0.1, -0.05) is 50.1 Å². The predicted molar refractivity (Wildman–Crippen MR) is 91.8 cm³/mol. The van der Waals surface area contributed by atoms with Crippen molar-refractivity contribution >= 4 is 5.91 Å². The summed E-state index contributed by atoms with van der Waals surface area (Å²) in [5.74, 6) is 0.999. The quantitative estimate of drug-likeness (QED) is 0.748. The smallest absolute Gasteiger partial charge is 0.236 e. The fraction of sp³-hybridized carbons (Fsp3) is 0.632. The molecule has 1 fully saturated rings. The minimum absolute atomic E-state index is 0.273. The van der Waals surface area contributed by atoms with Gasteiger partial charge in [0.1, 0.15) is 0 Å². The standard InChI is InChI=1S/C19H30N2O/c1-2-3-7-12-20-16-19(22)21-13-10-18(11-14-21)15-17-8-5-4-6-9-17/h4-6,8-9,18,20H,2-3,7,10-16H2,1H3. The van der Waals surface area contributed by atoms with E-state index in [1.54, 1.807) is 0 Å². The Morgan fingerprint density at radius 2 is 1.91 bits per heavy atom. The zero-order valence-corrected chi connectivity index (χ0v) is 13.9. The molecule has 0 unspecified atom stereocenters. The third-order valence-electron chi connectivity index (χ3n) is 4.57. The molecule has 22 heavy (non-hydrogen) atoms. The summed E-state index contributed by atoms with van der Waals surface area (Å²) >= 11 is 0. The molecule has 1 aromatic carbocycles. The van der Waals surface area contributed by atoms with Crippen molar-refractivity contribution in [2.24, 2.45) is 5.92 Å². The van der Waals surface area contributed by atoms with Crippen LogP contribution in [0.4, 0.5) is 0 Å². The summed E-state index contributed by atoms with van der Waals surface area (Å²) in [6.07, 6.45) is 7.06. The van der Waals surface area contributed by atoms with Crippen LogP contribution in [-0.4, -0.2) is 37.0 Å². The third kappa shape index (κ3) is 5.80. The van der Waals surface area contributed by atoms with Gasteiger partial charge in [-0.2, -0.15) is 0 Å². The van der Waals surface area contributed by atoms with E-state index in [1.807, 2.05) is 4.90 Å². The lowest BCUT2D eigenvalue weighted by atomic mass is 9.90. The molecule has 122 valence electrons. The molecule has 1 aliphatic rings. The Morgan fingerprint density at radius 1 is 1.18 bits per heavy atom. The Balaban J connectivity index is 1.63. The second-order valence-electron chi connectivity index (χ2n) is 6.40. The van der Waals surface area contributed by atoms with Gasteiger partial charge in [0.25, 0.3) is 0 Å². The highest BCUT2D eigenvalue weighted by atomic mass is 16.2. The lowest BCUT2D eigenvalue weighted by Gasteiger charge is -2.32. The number of nitrogens with one attached hydrogen (secondary N) is 1. The van der Waals surface area contributed by atoms with Crippen molar-refractivity contribution in [1.29, 1.82) is 0 Å². The van der Waals surface area contributed by atoms with E-state index in [1.165, 1.54) is 24.8 Å². The first-order chi connectivity index (χ1) is 10.8. The van der Waals surface area contributed by atoms with E-state index in [0.717, 1.165) is 44.8 Å². The average Bonchev–Trinajstić information content (AvgIpc) is 2.56. The number of unbranched alkanes of at least 4 members (excludes halogenated alkanes) is 2. The van der Waals surface area contributed by atoms with Crippen molar-refractivity contribution in [3.05, 3.63) is 35.9 Å². The summed E-state index contributed by atoms with van der Waals surface area (Å²) < 4.78 is 0. The number of hydrogen-bond donors (Lipinski definition) is 1. The predicted octanol–water partition coefficient (Wildman–Crippen LogP) is 3.25. The molecule has 1 N–H and O–H groups in total. The first-order valence-corrected chi connectivity index (χ1v) is 8.82. The third-order valence-corrected chi connectivity index (χ3v) is 4.57. The molecule has 1 amide bonds. The van der Waals surface area contributed by atoms with Crippen LogP contribution in [0.2, 0.25) is 0 Å². The van der Waals surface area contributed by atoms with Crippen molar-refractivity contribution in [3.8, 4) is 0 Å². The number of carbonyl (C=O) groups excluding carboxylic acids is 1. The van der Waals surface area contributed by atoms with Gasteiger partial charge < -0.3 is 10.2 Å². The molecule has 1 saturated heterocycles. The Kier molecular flexibility index (Phi) is 7.44. The summed E-state index contributed by atoms with van der Waals surface area (Å²) in [4.78, 5) is 14.2. The Hall–Kier alpha value is -1.35. The van der Waals surface area contributed by atoms with Gasteiger partial charge in [0.15, 0.2) is 0 Å². The molecule has 0 radical (unpaired) electrons. The number of hydrogen-bond acceptors (Lipinski definition) is 2. The summed E-state index contributed by atoms with van der Waals surface area (Å²) in [5, 5.41) is 3.28. The molecular weight excluding hydrogens is 272 g/mol. The number of likely N-dealkylation sites (tertiary alicyclic amines) is 1. The second-order valence-corrected chi connectivity index (χ2v) is 6.40. The number of benzene rings is 1. The first-order valence-electron chi connectivity index (χ1n) is 8.82. The van der Waals surface area contributed by atoms with Crippen LogP contribution in [0.25, 0.3) is 0 Å². The number of nitrogens with zero attached hydrogens (tertiary/aromatic N) is 1. The Morgan fingerprint density at radius 3 is 2.59 bits per heavy atom. The van der Waals surface area contributed by atoms with Gasteiger partial charge in [-0.3, -0.25) is 4.79 Å². The minimum Gasteiger partial charge on any atom is -0.342 e. The topological polar surface area (TPSA) is 32.3 Å². The molecule has 0 aliphatic carbocycles. The van der Waals surface area contributed by atoms with E-state index in [2.05, 4.69) is 42.6 Å². The summed E-state index contributed by atoms with van der Waals surface area (Å²) in [5.41, 5.74) is 1.42. The van der Waals surface area contributed by atoms with Crippen molar-refractivity contribution in [1.82, 2.24) is 10.2 Å². The maximum absolute atomic E-state index is 12.2. The summed E-state index contributed by atoms with van der Waals surface area (Å²) in [7, 11) is 0. The second kappa shape index (κ2) is 9.62. The molecule has 1 aliphatic heterocycles. The number of rotatable bonds is 8. The minimum atomic E-state index is 0.273. The molecule has 0 bridgehead atoms. The van der Waals surface area contributed by atoms with Crippen LogP contribution >= 0.6 is 0 Å². The molecular formula is C19H30N2O. The van der Waals surface area contributed by atoms with E-state index in [0.29, 0.717) is 6.54 Å².